The van der Waals surface area contributed by atoms with Gasteiger partial charge in [0.15, 0.2) is 0 Å². The van der Waals surface area contributed by atoms with Crippen molar-refractivity contribution in [3.8, 4) is 0 Å². The van der Waals surface area contributed by atoms with Crippen LogP contribution < -0.4 is 11.1 Å². The number of rotatable bonds is 4. The lowest BCUT2D eigenvalue weighted by Gasteiger charge is -2.11. The van der Waals surface area contributed by atoms with Crippen LogP contribution in [0.5, 0.6) is 0 Å². The summed E-state index contributed by atoms with van der Waals surface area (Å²) in [5, 5.41) is 3.88. The molecule has 18 heavy (non-hydrogen) atoms. The lowest BCUT2D eigenvalue weighted by Crippen LogP contribution is -2.14. The Morgan fingerprint density at radius 2 is 2.33 bits per heavy atom. The minimum absolute atomic E-state index is 0.342. The first-order chi connectivity index (χ1) is 8.58. The molecule has 0 radical (unpaired) electrons. The molecule has 0 bridgehead atoms. The van der Waals surface area contributed by atoms with Crippen molar-refractivity contribution < 1.29 is 0 Å². The van der Waals surface area contributed by atoms with Gasteiger partial charge in [0, 0.05) is 35.7 Å². The second-order valence-electron chi connectivity index (χ2n) is 3.86. The van der Waals surface area contributed by atoms with E-state index in [0.29, 0.717) is 16.6 Å². The molecular weight excluding hydrogens is 268 g/mol. The summed E-state index contributed by atoms with van der Waals surface area (Å²) in [6.45, 7) is 0.583. The number of hydrogen-bond acceptors (Lipinski definition) is 3. The Morgan fingerprint density at radius 3 is 2.94 bits per heavy atom. The van der Waals surface area contributed by atoms with Crippen LogP contribution in [0.4, 0.5) is 5.69 Å². The molecule has 0 saturated carbocycles. The standard InChI is InChI=1S/C12H13ClN4S/c1-17-5-4-15-11(17)7-16-10-6-8(13)2-3-9(10)12(14)18/h2-6,16H,7H2,1H3,(H2,14,18). The lowest BCUT2D eigenvalue weighted by atomic mass is 10.2. The highest BCUT2D eigenvalue weighted by molar-refractivity contribution is 7.80. The smallest absolute Gasteiger partial charge is 0.127 e. The molecule has 1 aromatic carbocycles. The second kappa shape index (κ2) is 5.37. The second-order valence-corrected chi connectivity index (χ2v) is 4.74. The van der Waals surface area contributed by atoms with Crippen molar-refractivity contribution in [3.63, 3.8) is 0 Å². The molecule has 1 heterocycles. The van der Waals surface area contributed by atoms with Gasteiger partial charge in [0.1, 0.15) is 10.8 Å². The van der Waals surface area contributed by atoms with E-state index >= 15 is 0 Å². The van der Waals surface area contributed by atoms with Crippen molar-refractivity contribution in [2.24, 2.45) is 12.8 Å². The molecule has 0 unspecified atom stereocenters. The van der Waals surface area contributed by atoms with Gasteiger partial charge in [0.2, 0.25) is 0 Å². The van der Waals surface area contributed by atoms with E-state index in [1.807, 2.05) is 23.9 Å². The highest BCUT2D eigenvalue weighted by Crippen LogP contribution is 2.21. The predicted molar refractivity (Wildman–Crippen MR) is 77.9 cm³/mol. The summed E-state index contributed by atoms with van der Waals surface area (Å²) < 4.78 is 1.94. The third-order valence-corrected chi connectivity index (χ3v) is 3.06. The summed E-state index contributed by atoms with van der Waals surface area (Å²) >= 11 is 11.0. The molecule has 2 rings (SSSR count). The van der Waals surface area contributed by atoms with E-state index < -0.39 is 0 Å². The Hall–Kier alpha value is -1.59. The van der Waals surface area contributed by atoms with Gasteiger partial charge in [-0.25, -0.2) is 4.98 Å². The van der Waals surface area contributed by atoms with Gasteiger partial charge in [-0.2, -0.15) is 0 Å². The molecule has 94 valence electrons. The van der Waals surface area contributed by atoms with Gasteiger partial charge < -0.3 is 15.6 Å². The minimum Gasteiger partial charge on any atom is -0.389 e. The van der Waals surface area contributed by atoms with Crippen LogP contribution in [0.2, 0.25) is 5.02 Å². The molecule has 0 aliphatic carbocycles. The molecule has 0 aliphatic rings. The summed E-state index contributed by atoms with van der Waals surface area (Å²) in [7, 11) is 1.94. The van der Waals surface area contributed by atoms with Crippen molar-refractivity contribution in [2.75, 3.05) is 5.32 Å². The van der Waals surface area contributed by atoms with E-state index in [1.165, 1.54) is 0 Å². The van der Waals surface area contributed by atoms with E-state index in [2.05, 4.69) is 10.3 Å². The van der Waals surface area contributed by atoms with E-state index in [9.17, 15) is 0 Å². The summed E-state index contributed by atoms with van der Waals surface area (Å²) in [5.41, 5.74) is 7.27. The van der Waals surface area contributed by atoms with Crippen LogP contribution in [0.3, 0.4) is 0 Å². The van der Waals surface area contributed by atoms with Gasteiger partial charge in [-0.15, -0.1) is 0 Å². The van der Waals surface area contributed by atoms with E-state index in [-0.39, 0.29) is 0 Å². The van der Waals surface area contributed by atoms with Crippen LogP contribution in [0.25, 0.3) is 0 Å². The van der Waals surface area contributed by atoms with Gasteiger partial charge >= 0.3 is 0 Å². The van der Waals surface area contributed by atoms with Gasteiger partial charge in [-0.05, 0) is 18.2 Å². The lowest BCUT2D eigenvalue weighted by molar-refractivity contribution is 0.813. The predicted octanol–water partition coefficient (Wildman–Crippen LogP) is 2.32. The zero-order chi connectivity index (χ0) is 13.1. The minimum atomic E-state index is 0.342. The zero-order valence-corrected chi connectivity index (χ0v) is 11.4. The van der Waals surface area contributed by atoms with E-state index in [4.69, 9.17) is 29.6 Å². The fraction of sp³-hybridized carbons (Fsp3) is 0.167. The quantitative estimate of drug-likeness (QED) is 0.844. The fourth-order valence-electron chi connectivity index (χ4n) is 1.62. The van der Waals surface area contributed by atoms with Crippen molar-refractivity contribution in [2.45, 2.75) is 6.54 Å². The molecule has 2 aromatic rings. The number of aryl methyl sites for hydroxylation is 1. The number of anilines is 1. The molecular formula is C12H13ClN4S. The molecule has 0 aliphatic heterocycles. The molecule has 0 amide bonds. The summed E-state index contributed by atoms with van der Waals surface area (Å²) in [6.07, 6.45) is 3.65. The van der Waals surface area contributed by atoms with Crippen LogP contribution in [-0.4, -0.2) is 14.5 Å². The Balaban J connectivity index is 2.20. The molecule has 1 aromatic heterocycles. The Morgan fingerprint density at radius 1 is 1.56 bits per heavy atom. The van der Waals surface area contributed by atoms with Crippen LogP contribution in [0, 0.1) is 0 Å². The van der Waals surface area contributed by atoms with Crippen LogP contribution in [0.15, 0.2) is 30.6 Å². The zero-order valence-electron chi connectivity index (χ0n) is 9.85. The summed E-state index contributed by atoms with van der Waals surface area (Å²) in [5.74, 6) is 0.920. The highest BCUT2D eigenvalue weighted by atomic mass is 35.5. The first-order valence-electron chi connectivity index (χ1n) is 5.37. The first-order valence-corrected chi connectivity index (χ1v) is 6.16. The number of aromatic nitrogens is 2. The number of nitrogens with two attached hydrogens (primary N) is 1. The Kier molecular flexibility index (Phi) is 3.84. The average molecular weight is 281 g/mol. The van der Waals surface area contributed by atoms with E-state index in [1.54, 1.807) is 18.3 Å². The third kappa shape index (κ3) is 2.80. The Labute approximate surface area is 116 Å². The van der Waals surface area contributed by atoms with Gasteiger partial charge in [-0.1, -0.05) is 23.8 Å². The molecule has 4 nitrogen and oxygen atoms in total. The number of halogens is 1. The maximum absolute atomic E-state index is 5.97. The Bertz CT molecular complexity index is 579. The third-order valence-electron chi connectivity index (χ3n) is 2.60. The number of benzene rings is 1. The van der Waals surface area contributed by atoms with Crippen LogP contribution in [0.1, 0.15) is 11.4 Å². The van der Waals surface area contributed by atoms with Gasteiger partial charge in [0.05, 0.1) is 6.54 Å². The van der Waals surface area contributed by atoms with Gasteiger partial charge in [-0.3, -0.25) is 0 Å². The monoisotopic (exact) mass is 280 g/mol. The molecule has 0 atom stereocenters. The van der Waals surface area contributed by atoms with E-state index in [0.717, 1.165) is 17.1 Å². The topological polar surface area (TPSA) is 55.9 Å². The van der Waals surface area contributed by atoms with Crippen molar-refractivity contribution >= 4 is 34.5 Å². The van der Waals surface area contributed by atoms with Crippen molar-refractivity contribution in [1.29, 1.82) is 0 Å². The number of thiocarbonyl (C=S) groups is 1. The van der Waals surface area contributed by atoms with Crippen LogP contribution >= 0.6 is 23.8 Å². The average Bonchev–Trinajstić information content (AvgIpc) is 2.72. The molecule has 0 spiro atoms. The number of nitrogens with zero attached hydrogens (tertiary/aromatic N) is 2. The number of hydrogen-bond donors (Lipinski definition) is 2. The van der Waals surface area contributed by atoms with Crippen molar-refractivity contribution in [3.05, 3.63) is 47.0 Å². The largest absolute Gasteiger partial charge is 0.389 e. The SMILES string of the molecule is Cn1ccnc1CNc1cc(Cl)ccc1C(N)=S. The van der Waals surface area contributed by atoms with Gasteiger partial charge in [0.25, 0.3) is 0 Å². The summed E-state index contributed by atoms with van der Waals surface area (Å²) in [4.78, 5) is 4.57. The van der Waals surface area contributed by atoms with Crippen LogP contribution in [-0.2, 0) is 13.6 Å². The number of nitrogens with one attached hydrogen (secondary N) is 1. The first kappa shape index (κ1) is 12.9. The molecule has 6 heteroatoms. The normalized spacial score (nSPS) is 10.3. The molecule has 0 saturated heterocycles. The maximum atomic E-state index is 5.97. The highest BCUT2D eigenvalue weighted by Gasteiger charge is 2.07. The fourth-order valence-corrected chi connectivity index (χ4v) is 1.97. The molecule has 0 fully saturated rings. The molecule has 3 N–H and O–H groups in total. The summed E-state index contributed by atoms with van der Waals surface area (Å²) in [6, 6.07) is 5.38. The van der Waals surface area contributed by atoms with Crippen molar-refractivity contribution in [1.82, 2.24) is 9.55 Å². The maximum Gasteiger partial charge on any atom is 0.127 e. The number of imidazole rings is 1.